The van der Waals surface area contributed by atoms with E-state index in [0.717, 1.165) is 22.5 Å². The molecule has 0 atom stereocenters. The lowest BCUT2D eigenvalue weighted by Crippen LogP contribution is -2.13. The number of aromatic amines is 1. The monoisotopic (exact) mass is 335 g/mol. The minimum Gasteiger partial charge on any atom is -0.355 e. The van der Waals surface area contributed by atoms with Crippen LogP contribution in [-0.2, 0) is 13.0 Å². The fourth-order valence-corrected chi connectivity index (χ4v) is 3.18. The number of Topliss-reactive ketones (excluding diaryl/α,β-unsaturated/α-hetero) is 2. The Hall–Kier alpha value is -2.95. The number of hydrogen-bond donors (Lipinski definition) is 1. The van der Waals surface area contributed by atoms with Gasteiger partial charge in [0.1, 0.15) is 6.54 Å². The van der Waals surface area contributed by atoms with Gasteiger partial charge in [0, 0.05) is 23.0 Å². The molecule has 0 aliphatic carbocycles. The molecule has 0 radical (unpaired) electrons. The van der Waals surface area contributed by atoms with Crippen LogP contribution in [0.15, 0.2) is 42.6 Å². The summed E-state index contributed by atoms with van der Waals surface area (Å²) >= 11 is 0. The molecule has 0 saturated carbocycles. The van der Waals surface area contributed by atoms with E-state index >= 15 is 0 Å². The molecule has 0 amide bonds. The summed E-state index contributed by atoms with van der Waals surface area (Å²) in [5, 5.41) is 4.48. The first-order valence-corrected chi connectivity index (χ1v) is 8.35. The van der Waals surface area contributed by atoms with Crippen molar-refractivity contribution in [3.8, 4) is 11.3 Å². The zero-order valence-electron chi connectivity index (χ0n) is 14.7. The molecule has 5 heteroatoms. The maximum Gasteiger partial charge on any atom is 0.200 e. The molecule has 2 aromatic heterocycles. The van der Waals surface area contributed by atoms with E-state index in [0.29, 0.717) is 17.7 Å². The highest BCUT2D eigenvalue weighted by Crippen LogP contribution is 2.22. The van der Waals surface area contributed by atoms with Crippen LogP contribution >= 0.6 is 0 Å². The molecule has 0 aliphatic heterocycles. The number of nitrogens with one attached hydrogen (secondary N) is 1. The zero-order chi connectivity index (χ0) is 18.0. The SMILES string of the molecule is CCc1c(C(=O)Cn2ccc(-c3ccccc3)n2)[nH]c(C)c1C(C)=O. The van der Waals surface area contributed by atoms with Crippen molar-refractivity contribution in [2.75, 3.05) is 0 Å². The summed E-state index contributed by atoms with van der Waals surface area (Å²) in [5.41, 5.74) is 4.54. The zero-order valence-corrected chi connectivity index (χ0v) is 14.7. The molecule has 25 heavy (non-hydrogen) atoms. The standard InChI is InChI=1S/C20H21N3O2/c1-4-16-19(14(3)24)13(2)21-20(16)18(25)12-23-11-10-17(22-23)15-8-6-5-7-9-15/h5-11,21H,4,12H2,1-3H3. The van der Waals surface area contributed by atoms with Crippen LogP contribution in [0.3, 0.4) is 0 Å². The van der Waals surface area contributed by atoms with Crippen LogP contribution in [0, 0.1) is 6.92 Å². The molecule has 0 spiro atoms. The molecule has 1 aromatic carbocycles. The molecule has 3 rings (SSSR count). The lowest BCUT2D eigenvalue weighted by Gasteiger charge is -2.04. The minimum absolute atomic E-state index is 0.0184. The second kappa shape index (κ2) is 6.89. The third-order valence-electron chi connectivity index (χ3n) is 4.29. The maximum absolute atomic E-state index is 12.7. The average Bonchev–Trinajstić information content (AvgIpc) is 3.19. The van der Waals surface area contributed by atoms with Gasteiger partial charge in [-0.05, 0) is 31.9 Å². The van der Waals surface area contributed by atoms with E-state index in [1.807, 2.05) is 50.2 Å². The van der Waals surface area contributed by atoms with E-state index in [9.17, 15) is 9.59 Å². The van der Waals surface area contributed by atoms with Gasteiger partial charge in [-0.3, -0.25) is 14.3 Å². The molecule has 0 fully saturated rings. The van der Waals surface area contributed by atoms with Crippen molar-refractivity contribution in [1.29, 1.82) is 0 Å². The number of hydrogen-bond acceptors (Lipinski definition) is 3. The van der Waals surface area contributed by atoms with Crippen LogP contribution in [0.5, 0.6) is 0 Å². The van der Waals surface area contributed by atoms with Gasteiger partial charge in [-0.1, -0.05) is 37.3 Å². The van der Waals surface area contributed by atoms with Crippen LogP contribution in [0.2, 0.25) is 0 Å². The molecule has 2 heterocycles. The Morgan fingerprint density at radius 1 is 1.16 bits per heavy atom. The van der Waals surface area contributed by atoms with E-state index < -0.39 is 0 Å². The van der Waals surface area contributed by atoms with Gasteiger partial charge in [-0.2, -0.15) is 5.10 Å². The highest BCUT2D eigenvalue weighted by molar-refractivity contribution is 6.03. The van der Waals surface area contributed by atoms with Crippen molar-refractivity contribution < 1.29 is 9.59 Å². The van der Waals surface area contributed by atoms with Crippen molar-refractivity contribution in [3.05, 3.63) is 65.1 Å². The first kappa shape index (κ1) is 16.9. The smallest absolute Gasteiger partial charge is 0.200 e. The van der Waals surface area contributed by atoms with E-state index in [-0.39, 0.29) is 18.1 Å². The predicted molar refractivity (Wildman–Crippen MR) is 96.9 cm³/mol. The lowest BCUT2D eigenvalue weighted by molar-refractivity contribution is 0.0962. The molecule has 0 saturated heterocycles. The summed E-state index contributed by atoms with van der Waals surface area (Å²) < 4.78 is 1.63. The molecule has 0 aliphatic rings. The summed E-state index contributed by atoms with van der Waals surface area (Å²) in [5.74, 6) is -0.0923. The Morgan fingerprint density at radius 2 is 1.88 bits per heavy atom. The molecular formula is C20H21N3O2. The Labute approximate surface area is 146 Å². The van der Waals surface area contributed by atoms with E-state index in [1.165, 1.54) is 6.92 Å². The van der Waals surface area contributed by atoms with Gasteiger partial charge in [0.15, 0.2) is 5.78 Å². The van der Waals surface area contributed by atoms with Crippen LogP contribution in [-0.4, -0.2) is 26.3 Å². The number of carbonyl (C=O) groups excluding carboxylic acids is 2. The molecular weight excluding hydrogens is 314 g/mol. The molecule has 1 N–H and O–H groups in total. The van der Waals surface area contributed by atoms with Gasteiger partial charge >= 0.3 is 0 Å². The first-order chi connectivity index (χ1) is 12.0. The highest BCUT2D eigenvalue weighted by Gasteiger charge is 2.21. The van der Waals surface area contributed by atoms with Crippen LogP contribution in [0.1, 0.15) is 46.0 Å². The Balaban J connectivity index is 1.85. The Morgan fingerprint density at radius 3 is 2.52 bits per heavy atom. The number of H-pyrrole nitrogens is 1. The Bertz CT molecular complexity index is 920. The number of ketones is 2. The summed E-state index contributed by atoms with van der Waals surface area (Å²) in [4.78, 5) is 27.7. The molecule has 5 nitrogen and oxygen atoms in total. The van der Waals surface area contributed by atoms with Crippen LogP contribution < -0.4 is 0 Å². The third-order valence-corrected chi connectivity index (χ3v) is 4.29. The van der Waals surface area contributed by atoms with Gasteiger partial charge in [-0.15, -0.1) is 0 Å². The number of nitrogens with zero attached hydrogens (tertiary/aromatic N) is 2. The second-order valence-electron chi connectivity index (χ2n) is 6.08. The van der Waals surface area contributed by atoms with Crippen molar-refractivity contribution in [2.45, 2.75) is 33.7 Å². The summed E-state index contributed by atoms with van der Waals surface area (Å²) in [7, 11) is 0. The number of rotatable bonds is 6. The van der Waals surface area contributed by atoms with E-state index in [1.54, 1.807) is 10.9 Å². The lowest BCUT2D eigenvalue weighted by atomic mass is 10.0. The second-order valence-corrected chi connectivity index (χ2v) is 6.08. The predicted octanol–water partition coefficient (Wildman–Crippen LogP) is 3.83. The number of aromatic nitrogens is 3. The summed E-state index contributed by atoms with van der Waals surface area (Å²) in [6.45, 7) is 5.45. The molecule has 0 bridgehead atoms. The topological polar surface area (TPSA) is 67.8 Å². The van der Waals surface area contributed by atoms with Crippen molar-refractivity contribution in [1.82, 2.24) is 14.8 Å². The van der Waals surface area contributed by atoms with Gasteiger partial charge in [0.25, 0.3) is 0 Å². The van der Waals surface area contributed by atoms with Gasteiger partial charge in [0.05, 0.1) is 11.4 Å². The molecule has 0 unspecified atom stereocenters. The maximum atomic E-state index is 12.7. The van der Waals surface area contributed by atoms with Crippen LogP contribution in [0.25, 0.3) is 11.3 Å². The van der Waals surface area contributed by atoms with Crippen molar-refractivity contribution in [3.63, 3.8) is 0 Å². The number of aryl methyl sites for hydroxylation is 1. The highest BCUT2D eigenvalue weighted by atomic mass is 16.1. The van der Waals surface area contributed by atoms with E-state index in [4.69, 9.17) is 0 Å². The molecule has 3 aromatic rings. The van der Waals surface area contributed by atoms with Gasteiger partial charge in [-0.25, -0.2) is 0 Å². The van der Waals surface area contributed by atoms with Crippen molar-refractivity contribution in [2.24, 2.45) is 0 Å². The fraction of sp³-hybridized carbons (Fsp3) is 0.250. The minimum atomic E-state index is -0.0739. The number of carbonyl (C=O) groups is 2. The Kier molecular flexibility index (Phi) is 4.65. The summed E-state index contributed by atoms with van der Waals surface area (Å²) in [6.07, 6.45) is 2.43. The van der Waals surface area contributed by atoms with E-state index in [2.05, 4.69) is 10.1 Å². The first-order valence-electron chi connectivity index (χ1n) is 8.35. The number of benzene rings is 1. The fourth-order valence-electron chi connectivity index (χ4n) is 3.18. The average molecular weight is 335 g/mol. The molecule has 128 valence electrons. The third kappa shape index (κ3) is 3.31. The summed E-state index contributed by atoms with van der Waals surface area (Å²) in [6, 6.07) is 11.7. The quantitative estimate of drug-likeness (QED) is 0.696. The normalized spacial score (nSPS) is 10.8. The van der Waals surface area contributed by atoms with Crippen LogP contribution in [0.4, 0.5) is 0 Å². The van der Waals surface area contributed by atoms with Gasteiger partial charge in [0.2, 0.25) is 5.78 Å². The largest absolute Gasteiger partial charge is 0.355 e. The van der Waals surface area contributed by atoms with Gasteiger partial charge < -0.3 is 4.98 Å². The van der Waals surface area contributed by atoms with Crippen molar-refractivity contribution >= 4 is 11.6 Å².